The van der Waals surface area contributed by atoms with Crippen LogP contribution in [0.5, 0.6) is 0 Å². The van der Waals surface area contributed by atoms with Crippen LogP contribution in [-0.4, -0.2) is 35.1 Å². The highest BCUT2D eigenvalue weighted by atomic mass is 16.4. The van der Waals surface area contributed by atoms with Crippen molar-refractivity contribution in [3.63, 3.8) is 0 Å². The Bertz CT molecular complexity index is 469. The average molecular weight is 250 g/mol. The van der Waals surface area contributed by atoms with Crippen LogP contribution in [0.1, 0.15) is 29.8 Å². The fourth-order valence-electron chi connectivity index (χ4n) is 1.38. The second kappa shape index (κ2) is 5.53. The van der Waals surface area contributed by atoms with Crippen LogP contribution >= 0.6 is 0 Å². The summed E-state index contributed by atoms with van der Waals surface area (Å²) >= 11 is 0. The first-order valence-electron chi connectivity index (χ1n) is 5.70. The van der Waals surface area contributed by atoms with Crippen LogP contribution < -0.4 is 5.32 Å². The highest BCUT2D eigenvalue weighted by Gasteiger charge is 2.16. The van der Waals surface area contributed by atoms with Crippen molar-refractivity contribution in [2.24, 2.45) is 0 Å². The van der Waals surface area contributed by atoms with Crippen LogP contribution in [0.4, 0.5) is 10.5 Å². The number of aromatic carboxylic acids is 1. The largest absolute Gasteiger partial charge is 0.478 e. The van der Waals surface area contributed by atoms with E-state index in [2.05, 4.69) is 5.32 Å². The summed E-state index contributed by atoms with van der Waals surface area (Å²) in [6, 6.07) is 4.62. The number of amides is 2. The van der Waals surface area contributed by atoms with Gasteiger partial charge in [-0.2, -0.15) is 0 Å². The number of carbonyl (C=O) groups excluding carboxylic acids is 1. The molecule has 1 aromatic carbocycles. The van der Waals surface area contributed by atoms with Gasteiger partial charge in [-0.3, -0.25) is 0 Å². The molecule has 0 saturated heterocycles. The smallest absolute Gasteiger partial charge is 0.337 e. The summed E-state index contributed by atoms with van der Waals surface area (Å²) < 4.78 is 0. The molecule has 0 saturated carbocycles. The molecule has 0 unspecified atom stereocenters. The number of carboxylic acid groups (broad SMARTS) is 1. The fourth-order valence-corrected chi connectivity index (χ4v) is 1.38. The van der Waals surface area contributed by atoms with Crippen LogP contribution in [0.3, 0.4) is 0 Å². The van der Waals surface area contributed by atoms with Gasteiger partial charge in [-0.1, -0.05) is 11.6 Å². The van der Waals surface area contributed by atoms with E-state index in [1.54, 1.807) is 26.1 Å². The Morgan fingerprint density at radius 3 is 2.44 bits per heavy atom. The van der Waals surface area contributed by atoms with Crippen molar-refractivity contribution >= 4 is 17.7 Å². The minimum Gasteiger partial charge on any atom is -0.478 e. The number of nitrogens with zero attached hydrogens (tertiary/aromatic N) is 1. The molecule has 0 aromatic heterocycles. The fraction of sp³-hybridized carbons (Fsp3) is 0.385. The molecule has 2 N–H and O–H groups in total. The molecule has 0 bridgehead atoms. The van der Waals surface area contributed by atoms with Crippen LogP contribution in [-0.2, 0) is 0 Å². The molecule has 2 amide bonds. The van der Waals surface area contributed by atoms with Crippen LogP contribution in [0, 0.1) is 6.92 Å². The quantitative estimate of drug-likeness (QED) is 0.866. The zero-order valence-corrected chi connectivity index (χ0v) is 11.0. The summed E-state index contributed by atoms with van der Waals surface area (Å²) in [5.74, 6) is -1.05. The summed E-state index contributed by atoms with van der Waals surface area (Å²) in [6.45, 7) is 5.57. The molecule has 18 heavy (non-hydrogen) atoms. The molecule has 5 nitrogen and oxygen atoms in total. The third kappa shape index (κ3) is 3.23. The zero-order chi connectivity index (χ0) is 13.9. The maximum Gasteiger partial charge on any atom is 0.337 e. The predicted octanol–water partition coefficient (Wildman–Crippen LogP) is 2.57. The van der Waals surface area contributed by atoms with E-state index in [-0.39, 0.29) is 17.6 Å². The molecule has 0 atom stereocenters. The second-order valence-electron chi connectivity index (χ2n) is 4.49. The van der Waals surface area contributed by atoms with Crippen LogP contribution in [0.15, 0.2) is 18.2 Å². The molecule has 98 valence electrons. The first-order chi connectivity index (χ1) is 8.32. The van der Waals surface area contributed by atoms with Gasteiger partial charge in [0.1, 0.15) is 0 Å². The lowest BCUT2D eigenvalue weighted by Gasteiger charge is -2.22. The Morgan fingerprint density at radius 2 is 1.94 bits per heavy atom. The van der Waals surface area contributed by atoms with E-state index >= 15 is 0 Å². The Kier molecular flexibility index (Phi) is 4.31. The van der Waals surface area contributed by atoms with Crippen molar-refractivity contribution in [2.45, 2.75) is 26.8 Å². The molecule has 0 fully saturated rings. The van der Waals surface area contributed by atoms with Crippen LogP contribution in [0.2, 0.25) is 0 Å². The lowest BCUT2D eigenvalue weighted by Crippen LogP contribution is -2.36. The molecular formula is C13H18N2O3. The number of carbonyl (C=O) groups is 2. The Balaban J connectivity index is 2.98. The first-order valence-corrected chi connectivity index (χ1v) is 5.70. The van der Waals surface area contributed by atoms with Gasteiger partial charge in [-0.15, -0.1) is 0 Å². The Labute approximate surface area is 106 Å². The van der Waals surface area contributed by atoms with Crippen LogP contribution in [0.25, 0.3) is 0 Å². The number of carboxylic acids is 1. The first kappa shape index (κ1) is 14.0. The number of nitrogens with one attached hydrogen (secondary N) is 1. The maximum atomic E-state index is 11.8. The molecule has 0 aliphatic carbocycles. The molecule has 1 rings (SSSR count). The number of aryl methyl sites for hydroxylation is 1. The van der Waals surface area contributed by atoms with Crippen molar-refractivity contribution in [3.8, 4) is 0 Å². The summed E-state index contributed by atoms with van der Waals surface area (Å²) in [6.07, 6.45) is 0. The second-order valence-corrected chi connectivity index (χ2v) is 4.49. The van der Waals surface area contributed by atoms with Gasteiger partial charge >= 0.3 is 12.0 Å². The zero-order valence-electron chi connectivity index (χ0n) is 11.0. The maximum absolute atomic E-state index is 11.8. The number of hydrogen-bond acceptors (Lipinski definition) is 2. The van der Waals surface area contributed by atoms with E-state index in [1.165, 1.54) is 11.0 Å². The van der Waals surface area contributed by atoms with Crippen molar-refractivity contribution < 1.29 is 14.7 Å². The minimum absolute atomic E-state index is 0.0451. The monoisotopic (exact) mass is 250 g/mol. The van der Waals surface area contributed by atoms with Crippen molar-refractivity contribution in [1.29, 1.82) is 0 Å². The molecule has 5 heteroatoms. The minimum atomic E-state index is -1.05. The predicted molar refractivity (Wildman–Crippen MR) is 70.1 cm³/mol. The summed E-state index contributed by atoms with van der Waals surface area (Å²) in [5, 5.41) is 11.7. The van der Waals surface area contributed by atoms with Gasteiger partial charge in [0.15, 0.2) is 0 Å². The van der Waals surface area contributed by atoms with Gasteiger partial charge in [0, 0.05) is 13.1 Å². The lowest BCUT2D eigenvalue weighted by molar-refractivity contribution is 0.0698. The standard InChI is InChI=1S/C13H18N2O3/c1-8(2)15(4)13(18)14-11-6-5-9(3)7-10(11)12(16)17/h5-8H,1-4H3,(H,14,18)(H,16,17). The molecular weight excluding hydrogens is 232 g/mol. The normalized spacial score (nSPS) is 10.3. The molecule has 0 radical (unpaired) electrons. The molecule has 0 heterocycles. The number of urea groups is 1. The number of benzene rings is 1. The molecule has 0 spiro atoms. The third-order valence-corrected chi connectivity index (χ3v) is 2.74. The summed E-state index contributed by atoms with van der Waals surface area (Å²) in [5.41, 5.74) is 1.24. The van der Waals surface area contributed by atoms with E-state index in [0.29, 0.717) is 5.69 Å². The molecule has 1 aromatic rings. The average Bonchev–Trinajstić information content (AvgIpc) is 2.29. The molecule has 0 aliphatic heterocycles. The van der Waals surface area contributed by atoms with Gasteiger partial charge < -0.3 is 15.3 Å². The lowest BCUT2D eigenvalue weighted by atomic mass is 10.1. The van der Waals surface area contributed by atoms with Gasteiger partial charge in [0.2, 0.25) is 0 Å². The third-order valence-electron chi connectivity index (χ3n) is 2.74. The van der Waals surface area contributed by atoms with Gasteiger partial charge in [-0.05, 0) is 32.9 Å². The number of hydrogen-bond donors (Lipinski definition) is 2. The van der Waals surface area contributed by atoms with Crippen molar-refractivity contribution in [3.05, 3.63) is 29.3 Å². The highest BCUT2D eigenvalue weighted by Crippen LogP contribution is 2.18. The Morgan fingerprint density at radius 1 is 1.33 bits per heavy atom. The van der Waals surface area contributed by atoms with E-state index in [9.17, 15) is 9.59 Å². The van der Waals surface area contributed by atoms with Crippen molar-refractivity contribution in [2.75, 3.05) is 12.4 Å². The van der Waals surface area contributed by atoms with Crippen molar-refractivity contribution in [1.82, 2.24) is 4.90 Å². The topological polar surface area (TPSA) is 69.6 Å². The molecule has 0 aliphatic rings. The van der Waals surface area contributed by atoms with E-state index in [4.69, 9.17) is 5.11 Å². The number of rotatable bonds is 3. The summed E-state index contributed by atoms with van der Waals surface area (Å²) in [7, 11) is 1.66. The number of anilines is 1. The van der Waals surface area contributed by atoms with Gasteiger partial charge in [0.25, 0.3) is 0 Å². The SMILES string of the molecule is Cc1ccc(NC(=O)N(C)C(C)C)c(C(=O)O)c1. The van der Waals surface area contributed by atoms with Gasteiger partial charge in [0.05, 0.1) is 11.3 Å². The van der Waals surface area contributed by atoms with E-state index < -0.39 is 5.97 Å². The van der Waals surface area contributed by atoms with E-state index in [1.807, 2.05) is 13.8 Å². The highest BCUT2D eigenvalue weighted by molar-refractivity contribution is 6.00. The van der Waals surface area contributed by atoms with E-state index in [0.717, 1.165) is 5.56 Å². The van der Waals surface area contributed by atoms with Gasteiger partial charge in [-0.25, -0.2) is 9.59 Å². The summed E-state index contributed by atoms with van der Waals surface area (Å²) in [4.78, 5) is 24.4. The Hall–Kier alpha value is -2.04.